The zero-order chi connectivity index (χ0) is 18.4. The molecule has 0 spiro atoms. The first kappa shape index (κ1) is 18.8. The number of esters is 1. The smallest absolute Gasteiger partial charge is 0.347 e. The highest BCUT2D eigenvalue weighted by molar-refractivity contribution is 6.30. The Balaban J connectivity index is 1.84. The van der Waals surface area contributed by atoms with Gasteiger partial charge in [-0.1, -0.05) is 29.8 Å². The second-order valence-electron chi connectivity index (χ2n) is 5.64. The molecule has 1 N–H and O–H groups in total. The van der Waals surface area contributed by atoms with E-state index in [1.165, 1.54) is 0 Å². The first-order valence-electron chi connectivity index (χ1n) is 7.81. The van der Waals surface area contributed by atoms with Gasteiger partial charge >= 0.3 is 5.97 Å². The van der Waals surface area contributed by atoms with Crippen molar-refractivity contribution in [1.82, 2.24) is 0 Å². The molecule has 6 heteroatoms. The lowest BCUT2D eigenvalue weighted by Crippen LogP contribution is -2.30. The van der Waals surface area contributed by atoms with Gasteiger partial charge in [0.1, 0.15) is 5.75 Å². The molecule has 25 heavy (non-hydrogen) atoms. The third-order valence-corrected chi connectivity index (χ3v) is 3.80. The molecule has 0 aliphatic carbocycles. The molecule has 5 nitrogen and oxygen atoms in total. The maximum Gasteiger partial charge on any atom is 0.347 e. The molecule has 0 heterocycles. The molecule has 0 fully saturated rings. The Morgan fingerprint density at radius 2 is 1.68 bits per heavy atom. The number of amides is 1. The Bertz CT molecular complexity index is 738. The van der Waals surface area contributed by atoms with E-state index in [0.717, 1.165) is 16.8 Å². The standard InChI is InChI=1S/C19H20ClNO4/c1-12-5-4-6-13(2)18(12)21-17(22)11-24-19(23)14(3)25-16-9-7-15(20)8-10-16/h4-10,14H,11H2,1-3H3,(H,21,22)/t14-/m1/s1. The maximum absolute atomic E-state index is 12.0. The lowest BCUT2D eigenvalue weighted by atomic mass is 10.1. The van der Waals surface area contributed by atoms with E-state index in [9.17, 15) is 9.59 Å². The van der Waals surface area contributed by atoms with Crippen molar-refractivity contribution < 1.29 is 19.1 Å². The Labute approximate surface area is 151 Å². The van der Waals surface area contributed by atoms with Gasteiger partial charge in [0.05, 0.1) is 0 Å². The predicted octanol–water partition coefficient (Wildman–Crippen LogP) is 3.91. The van der Waals surface area contributed by atoms with E-state index in [4.69, 9.17) is 21.1 Å². The van der Waals surface area contributed by atoms with Crippen LogP contribution in [0, 0.1) is 13.8 Å². The molecule has 0 aliphatic heterocycles. The number of anilines is 1. The van der Waals surface area contributed by atoms with Gasteiger partial charge in [-0.05, 0) is 56.2 Å². The fourth-order valence-corrected chi connectivity index (χ4v) is 2.33. The first-order chi connectivity index (χ1) is 11.9. The largest absolute Gasteiger partial charge is 0.479 e. The van der Waals surface area contributed by atoms with Gasteiger partial charge in [0.15, 0.2) is 12.7 Å². The van der Waals surface area contributed by atoms with Crippen molar-refractivity contribution in [3.8, 4) is 5.75 Å². The molecule has 0 aromatic heterocycles. The monoisotopic (exact) mass is 361 g/mol. The molecular weight excluding hydrogens is 342 g/mol. The lowest BCUT2D eigenvalue weighted by Gasteiger charge is -2.15. The fraction of sp³-hybridized carbons (Fsp3) is 0.263. The van der Waals surface area contributed by atoms with Gasteiger partial charge in [0.25, 0.3) is 5.91 Å². The van der Waals surface area contributed by atoms with Crippen LogP contribution in [0.3, 0.4) is 0 Å². The van der Waals surface area contributed by atoms with E-state index < -0.39 is 18.0 Å². The van der Waals surface area contributed by atoms with E-state index in [2.05, 4.69) is 5.32 Å². The third-order valence-electron chi connectivity index (χ3n) is 3.55. The first-order valence-corrected chi connectivity index (χ1v) is 8.19. The van der Waals surface area contributed by atoms with Crippen LogP contribution in [-0.4, -0.2) is 24.6 Å². The summed E-state index contributed by atoms with van der Waals surface area (Å²) in [6, 6.07) is 12.3. The highest BCUT2D eigenvalue weighted by Crippen LogP contribution is 2.19. The zero-order valence-corrected chi connectivity index (χ0v) is 15.1. The number of carbonyl (C=O) groups is 2. The molecule has 2 aromatic rings. The van der Waals surface area contributed by atoms with Crippen LogP contribution in [0.5, 0.6) is 5.75 Å². The second kappa shape index (κ2) is 8.53. The molecule has 0 radical (unpaired) electrons. The Hall–Kier alpha value is -2.53. The number of rotatable bonds is 6. The van der Waals surface area contributed by atoms with Crippen LogP contribution in [0.2, 0.25) is 5.02 Å². The van der Waals surface area contributed by atoms with Gasteiger partial charge in [-0.25, -0.2) is 4.79 Å². The molecule has 0 saturated heterocycles. The fourth-order valence-electron chi connectivity index (χ4n) is 2.21. The summed E-state index contributed by atoms with van der Waals surface area (Å²) >= 11 is 5.79. The number of para-hydroxylation sites is 1. The molecule has 2 aromatic carbocycles. The summed E-state index contributed by atoms with van der Waals surface area (Å²) in [5.41, 5.74) is 2.62. The van der Waals surface area contributed by atoms with Crippen molar-refractivity contribution in [2.75, 3.05) is 11.9 Å². The zero-order valence-electron chi connectivity index (χ0n) is 14.3. The van der Waals surface area contributed by atoms with Gasteiger partial charge in [-0.15, -0.1) is 0 Å². The minimum atomic E-state index is -0.839. The molecule has 0 saturated carbocycles. The van der Waals surface area contributed by atoms with E-state index in [1.807, 2.05) is 32.0 Å². The summed E-state index contributed by atoms with van der Waals surface area (Å²) < 4.78 is 10.5. The SMILES string of the molecule is Cc1cccc(C)c1NC(=O)COC(=O)[C@@H](C)Oc1ccc(Cl)cc1. The Kier molecular flexibility index (Phi) is 6.42. The quantitative estimate of drug-likeness (QED) is 0.792. The van der Waals surface area contributed by atoms with E-state index in [1.54, 1.807) is 31.2 Å². The van der Waals surface area contributed by atoms with Crippen LogP contribution < -0.4 is 10.1 Å². The van der Waals surface area contributed by atoms with Crippen LogP contribution in [0.25, 0.3) is 0 Å². The summed E-state index contributed by atoms with van der Waals surface area (Å²) in [6.45, 7) is 4.98. The highest BCUT2D eigenvalue weighted by atomic mass is 35.5. The van der Waals surface area contributed by atoms with Crippen LogP contribution in [0.1, 0.15) is 18.1 Å². The van der Waals surface area contributed by atoms with Crippen molar-refractivity contribution in [2.24, 2.45) is 0 Å². The van der Waals surface area contributed by atoms with Crippen molar-refractivity contribution in [3.05, 3.63) is 58.6 Å². The summed E-state index contributed by atoms with van der Waals surface area (Å²) in [6.07, 6.45) is -0.839. The lowest BCUT2D eigenvalue weighted by molar-refractivity contribution is -0.153. The molecule has 1 amide bonds. The van der Waals surface area contributed by atoms with Crippen LogP contribution in [0.4, 0.5) is 5.69 Å². The molecule has 0 bridgehead atoms. The van der Waals surface area contributed by atoms with Crippen molar-refractivity contribution in [2.45, 2.75) is 26.9 Å². The van der Waals surface area contributed by atoms with Gasteiger partial charge in [0, 0.05) is 10.7 Å². The van der Waals surface area contributed by atoms with Gasteiger partial charge in [-0.3, -0.25) is 4.79 Å². The number of halogens is 1. The van der Waals surface area contributed by atoms with Crippen LogP contribution in [-0.2, 0) is 14.3 Å². The van der Waals surface area contributed by atoms with E-state index in [0.29, 0.717) is 10.8 Å². The van der Waals surface area contributed by atoms with Crippen molar-refractivity contribution in [1.29, 1.82) is 0 Å². The summed E-state index contributed by atoms with van der Waals surface area (Å²) in [5, 5.41) is 3.33. The van der Waals surface area contributed by atoms with E-state index in [-0.39, 0.29) is 6.61 Å². The number of nitrogens with one attached hydrogen (secondary N) is 1. The normalized spacial score (nSPS) is 11.5. The number of hydrogen-bond donors (Lipinski definition) is 1. The van der Waals surface area contributed by atoms with Gasteiger partial charge in [0.2, 0.25) is 0 Å². The third kappa shape index (κ3) is 5.50. The number of benzene rings is 2. The molecule has 2 rings (SSSR count). The Morgan fingerprint density at radius 1 is 1.08 bits per heavy atom. The maximum atomic E-state index is 12.0. The minimum absolute atomic E-state index is 0.374. The topological polar surface area (TPSA) is 64.6 Å². The van der Waals surface area contributed by atoms with Crippen LogP contribution in [0.15, 0.2) is 42.5 Å². The van der Waals surface area contributed by atoms with Crippen molar-refractivity contribution >= 4 is 29.2 Å². The predicted molar refractivity (Wildman–Crippen MR) is 97.0 cm³/mol. The highest BCUT2D eigenvalue weighted by Gasteiger charge is 2.18. The summed E-state index contributed by atoms with van der Waals surface area (Å²) in [7, 11) is 0. The molecular formula is C19H20ClNO4. The number of aryl methyl sites for hydroxylation is 2. The number of hydrogen-bond acceptors (Lipinski definition) is 4. The van der Waals surface area contributed by atoms with Gasteiger partial charge < -0.3 is 14.8 Å². The van der Waals surface area contributed by atoms with Crippen LogP contribution >= 0.6 is 11.6 Å². The second-order valence-corrected chi connectivity index (χ2v) is 6.07. The molecule has 1 atom stereocenters. The average molecular weight is 362 g/mol. The summed E-state index contributed by atoms with van der Waals surface area (Å²) in [4.78, 5) is 23.9. The van der Waals surface area contributed by atoms with Crippen molar-refractivity contribution in [3.63, 3.8) is 0 Å². The average Bonchev–Trinajstić information content (AvgIpc) is 2.58. The molecule has 0 aliphatic rings. The molecule has 0 unspecified atom stereocenters. The number of ether oxygens (including phenoxy) is 2. The Morgan fingerprint density at radius 3 is 2.28 bits per heavy atom. The van der Waals surface area contributed by atoms with E-state index >= 15 is 0 Å². The number of carbonyl (C=O) groups excluding carboxylic acids is 2. The van der Waals surface area contributed by atoms with Gasteiger partial charge in [-0.2, -0.15) is 0 Å². The minimum Gasteiger partial charge on any atom is -0.479 e. The molecule has 132 valence electrons. The summed E-state index contributed by atoms with van der Waals surface area (Å²) in [5.74, 6) is -0.523.